The summed E-state index contributed by atoms with van der Waals surface area (Å²) in [5.74, 6) is -0.265. The van der Waals surface area contributed by atoms with Crippen LogP contribution < -0.4 is 5.73 Å². The van der Waals surface area contributed by atoms with Crippen molar-refractivity contribution in [3.8, 4) is 10.6 Å². The number of hydrogen-bond acceptors (Lipinski definition) is 5. The molecular formula is C13H11F2N5S. The van der Waals surface area contributed by atoms with E-state index in [1.165, 1.54) is 23.8 Å². The van der Waals surface area contributed by atoms with Gasteiger partial charge in [0.2, 0.25) is 4.96 Å². The van der Waals surface area contributed by atoms with Crippen LogP contribution in [0.25, 0.3) is 15.5 Å². The maximum absolute atomic E-state index is 13.9. The van der Waals surface area contributed by atoms with Gasteiger partial charge >= 0.3 is 0 Å². The Kier molecular flexibility index (Phi) is 2.68. The Morgan fingerprint density at radius 1 is 1.19 bits per heavy atom. The van der Waals surface area contributed by atoms with Crippen molar-refractivity contribution in [1.82, 2.24) is 19.8 Å². The standard InChI is InChI=1S/C13H11F2N5S/c14-8-5-9(15)10(16)4-7(8)12-19-20-11(6-2-1-3-6)17-18-13(20)21-12/h4-6H,1-3,16H2. The first-order valence-electron chi connectivity index (χ1n) is 6.60. The topological polar surface area (TPSA) is 69.1 Å². The minimum absolute atomic E-state index is 0.100. The molecule has 3 aromatic rings. The first-order valence-corrected chi connectivity index (χ1v) is 7.42. The molecule has 4 rings (SSSR count). The minimum Gasteiger partial charge on any atom is -0.396 e. The van der Waals surface area contributed by atoms with Gasteiger partial charge in [0.15, 0.2) is 10.8 Å². The van der Waals surface area contributed by atoms with Gasteiger partial charge in [-0.15, -0.1) is 10.2 Å². The fourth-order valence-corrected chi connectivity index (χ4v) is 3.26. The van der Waals surface area contributed by atoms with Crippen molar-refractivity contribution in [1.29, 1.82) is 0 Å². The summed E-state index contributed by atoms with van der Waals surface area (Å²) in [5.41, 5.74) is 5.59. The highest BCUT2D eigenvalue weighted by Crippen LogP contribution is 2.37. The molecule has 0 amide bonds. The Hall–Kier alpha value is -2.09. The Morgan fingerprint density at radius 2 is 2.00 bits per heavy atom. The molecule has 108 valence electrons. The van der Waals surface area contributed by atoms with E-state index in [1.807, 2.05) is 0 Å². The van der Waals surface area contributed by atoms with Gasteiger partial charge in [-0.2, -0.15) is 9.61 Å². The molecule has 0 bridgehead atoms. The fourth-order valence-electron chi connectivity index (χ4n) is 2.39. The zero-order valence-electron chi connectivity index (χ0n) is 10.9. The SMILES string of the molecule is Nc1cc(-c2nn3c(C4CCC4)nnc3s2)c(F)cc1F. The molecule has 2 N–H and O–H groups in total. The van der Waals surface area contributed by atoms with Crippen molar-refractivity contribution < 1.29 is 8.78 Å². The van der Waals surface area contributed by atoms with E-state index in [2.05, 4.69) is 15.3 Å². The van der Waals surface area contributed by atoms with E-state index in [-0.39, 0.29) is 11.3 Å². The van der Waals surface area contributed by atoms with Crippen molar-refractivity contribution >= 4 is 22.0 Å². The number of hydrogen-bond donors (Lipinski definition) is 1. The number of benzene rings is 1. The Bertz CT molecular complexity index is 837. The molecular weight excluding hydrogens is 296 g/mol. The molecule has 0 saturated heterocycles. The third kappa shape index (κ3) is 1.90. The lowest BCUT2D eigenvalue weighted by Crippen LogP contribution is -2.13. The van der Waals surface area contributed by atoms with Gasteiger partial charge in [0, 0.05) is 12.0 Å². The van der Waals surface area contributed by atoms with Gasteiger partial charge in [-0.1, -0.05) is 17.8 Å². The molecule has 1 aromatic carbocycles. The van der Waals surface area contributed by atoms with E-state index in [4.69, 9.17) is 5.73 Å². The maximum Gasteiger partial charge on any atom is 0.234 e. The van der Waals surface area contributed by atoms with Crippen molar-refractivity contribution in [2.75, 3.05) is 5.73 Å². The lowest BCUT2D eigenvalue weighted by atomic mass is 9.85. The van der Waals surface area contributed by atoms with Crippen LogP contribution in [0.15, 0.2) is 12.1 Å². The molecule has 1 aliphatic rings. The second kappa shape index (κ2) is 4.45. The predicted octanol–water partition coefficient (Wildman–Crippen LogP) is 2.98. The van der Waals surface area contributed by atoms with E-state index >= 15 is 0 Å². The highest BCUT2D eigenvalue weighted by Gasteiger charge is 2.26. The lowest BCUT2D eigenvalue weighted by molar-refractivity contribution is 0.395. The summed E-state index contributed by atoms with van der Waals surface area (Å²) in [7, 11) is 0. The molecule has 1 saturated carbocycles. The van der Waals surface area contributed by atoms with E-state index in [0.29, 0.717) is 15.9 Å². The van der Waals surface area contributed by atoms with Gasteiger partial charge in [0.25, 0.3) is 0 Å². The summed E-state index contributed by atoms with van der Waals surface area (Å²) < 4.78 is 28.8. The van der Waals surface area contributed by atoms with Crippen LogP contribution >= 0.6 is 11.3 Å². The number of fused-ring (bicyclic) bond motifs is 1. The number of nitrogens with two attached hydrogens (primary N) is 1. The molecule has 2 heterocycles. The van der Waals surface area contributed by atoms with E-state index in [0.717, 1.165) is 24.7 Å². The summed E-state index contributed by atoms with van der Waals surface area (Å²) in [4.78, 5) is 0.606. The summed E-state index contributed by atoms with van der Waals surface area (Å²) >= 11 is 1.21. The van der Waals surface area contributed by atoms with Gasteiger partial charge < -0.3 is 5.73 Å². The average Bonchev–Trinajstić information content (AvgIpc) is 2.94. The number of rotatable bonds is 2. The van der Waals surface area contributed by atoms with Gasteiger partial charge in [-0.3, -0.25) is 0 Å². The third-order valence-corrected chi connectivity index (χ3v) is 4.73. The van der Waals surface area contributed by atoms with Crippen LogP contribution in [0.5, 0.6) is 0 Å². The number of nitrogen functional groups attached to an aromatic ring is 1. The number of halogens is 2. The molecule has 0 radical (unpaired) electrons. The highest BCUT2D eigenvalue weighted by molar-refractivity contribution is 7.19. The van der Waals surface area contributed by atoms with Gasteiger partial charge in [-0.25, -0.2) is 8.78 Å². The summed E-state index contributed by atoms with van der Waals surface area (Å²) in [6.45, 7) is 0. The van der Waals surface area contributed by atoms with E-state index < -0.39 is 11.6 Å². The third-order valence-electron chi connectivity index (χ3n) is 3.80. The van der Waals surface area contributed by atoms with Crippen molar-refractivity contribution in [2.45, 2.75) is 25.2 Å². The first kappa shape index (κ1) is 12.6. The molecule has 5 nitrogen and oxygen atoms in total. The molecule has 1 fully saturated rings. The van der Waals surface area contributed by atoms with Crippen molar-refractivity contribution in [2.24, 2.45) is 0 Å². The second-order valence-electron chi connectivity index (χ2n) is 5.14. The first-order chi connectivity index (χ1) is 10.1. The molecule has 0 spiro atoms. The van der Waals surface area contributed by atoms with Crippen LogP contribution in [-0.2, 0) is 0 Å². The summed E-state index contributed by atoms with van der Waals surface area (Å²) in [5, 5.41) is 13.0. The fraction of sp³-hybridized carbons (Fsp3) is 0.308. The van der Waals surface area contributed by atoms with E-state index in [9.17, 15) is 8.78 Å². The molecule has 2 aromatic heterocycles. The van der Waals surface area contributed by atoms with Crippen molar-refractivity contribution in [3.05, 3.63) is 29.6 Å². The maximum atomic E-state index is 13.9. The number of anilines is 1. The average molecular weight is 307 g/mol. The van der Waals surface area contributed by atoms with Crippen LogP contribution in [0.2, 0.25) is 0 Å². The highest BCUT2D eigenvalue weighted by atomic mass is 32.1. The van der Waals surface area contributed by atoms with Crippen LogP contribution in [0.4, 0.5) is 14.5 Å². The Morgan fingerprint density at radius 3 is 2.71 bits per heavy atom. The van der Waals surface area contributed by atoms with Gasteiger partial charge in [0.1, 0.15) is 11.6 Å². The predicted molar refractivity (Wildman–Crippen MR) is 75.0 cm³/mol. The van der Waals surface area contributed by atoms with Crippen LogP contribution in [0, 0.1) is 11.6 Å². The summed E-state index contributed by atoms with van der Waals surface area (Å²) in [6, 6.07) is 2.04. The molecule has 0 atom stereocenters. The van der Waals surface area contributed by atoms with Crippen LogP contribution in [0.1, 0.15) is 31.0 Å². The summed E-state index contributed by atoms with van der Waals surface area (Å²) in [6.07, 6.45) is 3.33. The van der Waals surface area contributed by atoms with Gasteiger partial charge in [0.05, 0.1) is 11.3 Å². The molecule has 1 aliphatic carbocycles. The van der Waals surface area contributed by atoms with Gasteiger partial charge in [-0.05, 0) is 18.9 Å². The molecule has 8 heteroatoms. The second-order valence-corrected chi connectivity index (χ2v) is 6.10. The monoisotopic (exact) mass is 307 g/mol. The lowest BCUT2D eigenvalue weighted by Gasteiger charge is -2.22. The molecule has 0 unspecified atom stereocenters. The largest absolute Gasteiger partial charge is 0.396 e. The van der Waals surface area contributed by atoms with E-state index in [1.54, 1.807) is 4.52 Å². The normalized spacial score (nSPS) is 15.5. The Labute approximate surface area is 122 Å². The van der Waals surface area contributed by atoms with Crippen LogP contribution in [0.3, 0.4) is 0 Å². The smallest absolute Gasteiger partial charge is 0.234 e. The Balaban J connectivity index is 1.84. The number of aromatic nitrogens is 4. The van der Waals surface area contributed by atoms with Crippen molar-refractivity contribution in [3.63, 3.8) is 0 Å². The molecule has 0 aliphatic heterocycles. The van der Waals surface area contributed by atoms with Crippen LogP contribution in [-0.4, -0.2) is 19.8 Å². The minimum atomic E-state index is -0.769. The zero-order valence-corrected chi connectivity index (χ0v) is 11.7. The quantitative estimate of drug-likeness (QED) is 0.739. The number of nitrogens with zero attached hydrogens (tertiary/aromatic N) is 4. The molecule has 21 heavy (non-hydrogen) atoms. The zero-order chi connectivity index (χ0) is 14.6.